The summed E-state index contributed by atoms with van der Waals surface area (Å²) in [6, 6.07) is 7.12. The first-order valence-electron chi connectivity index (χ1n) is 7.11. The second kappa shape index (κ2) is 6.22. The third-order valence-electron chi connectivity index (χ3n) is 3.91. The van der Waals surface area contributed by atoms with E-state index >= 15 is 0 Å². The minimum atomic E-state index is -3.15. The molecular formula is C16H22N2O3S. The smallest absolute Gasteiger partial charge is 0.208 e. The number of rotatable bonds is 5. The molecule has 1 aromatic carbocycles. The highest BCUT2D eigenvalue weighted by Crippen LogP contribution is 2.22. The molecule has 0 aliphatic heterocycles. The average Bonchev–Trinajstić information content (AvgIpc) is 2.75. The molecule has 0 N–H and O–H groups in total. The summed E-state index contributed by atoms with van der Waals surface area (Å²) < 4.78 is 28.6. The van der Waals surface area contributed by atoms with Crippen LogP contribution >= 0.6 is 0 Å². The van der Waals surface area contributed by atoms with Crippen LogP contribution in [0.25, 0.3) is 0 Å². The van der Waals surface area contributed by atoms with Crippen LogP contribution in [0.4, 0.5) is 0 Å². The van der Waals surface area contributed by atoms with E-state index in [1.807, 2.05) is 33.0 Å². The third-order valence-corrected chi connectivity index (χ3v) is 5.04. The highest BCUT2D eigenvalue weighted by atomic mass is 32.2. The van der Waals surface area contributed by atoms with Crippen LogP contribution in [0.1, 0.15) is 35.9 Å². The summed E-state index contributed by atoms with van der Waals surface area (Å²) >= 11 is 0. The minimum Gasteiger partial charge on any atom is -0.444 e. The van der Waals surface area contributed by atoms with Gasteiger partial charge in [0, 0.05) is 12.3 Å². The van der Waals surface area contributed by atoms with Gasteiger partial charge >= 0.3 is 0 Å². The lowest BCUT2D eigenvalue weighted by Crippen LogP contribution is -2.22. The number of hydrogen-bond donors (Lipinski definition) is 0. The molecule has 1 aromatic heterocycles. The van der Waals surface area contributed by atoms with Crippen LogP contribution < -0.4 is 0 Å². The molecule has 0 bridgehead atoms. The largest absolute Gasteiger partial charge is 0.444 e. The lowest BCUT2D eigenvalue weighted by atomic mass is 10.1. The van der Waals surface area contributed by atoms with Crippen LogP contribution in [0.5, 0.6) is 0 Å². The summed E-state index contributed by atoms with van der Waals surface area (Å²) in [4.78, 5) is 6.83. The summed E-state index contributed by atoms with van der Waals surface area (Å²) in [7, 11) is -1.16. The molecule has 0 fully saturated rings. The highest BCUT2D eigenvalue weighted by Gasteiger charge is 2.16. The minimum absolute atomic E-state index is 0.126. The van der Waals surface area contributed by atoms with E-state index in [4.69, 9.17) is 4.42 Å². The lowest BCUT2D eigenvalue weighted by Gasteiger charge is -2.23. The first kappa shape index (κ1) is 16.7. The molecule has 0 aliphatic carbocycles. The Bertz CT molecular complexity index is 729. The van der Waals surface area contributed by atoms with Gasteiger partial charge in [0.15, 0.2) is 9.84 Å². The fourth-order valence-corrected chi connectivity index (χ4v) is 2.84. The Morgan fingerprint density at radius 3 is 2.27 bits per heavy atom. The first-order valence-corrected chi connectivity index (χ1v) is 9.01. The molecule has 0 unspecified atom stereocenters. The second-order valence-electron chi connectivity index (χ2n) is 5.68. The van der Waals surface area contributed by atoms with Gasteiger partial charge in [0.05, 0.1) is 17.1 Å². The van der Waals surface area contributed by atoms with E-state index in [1.54, 1.807) is 12.1 Å². The molecule has 22 heavy (non-hydrogen) atoms. The average molecular weight is 322 g/mol. The second-order valence-corrected chi connectivity index (χ2v) is 7.70. The highest BCUT2D eigenvalue weighted by molar-refractivity contribution is 7.90. The van der Waals surface area contributed by atoms with Crippen LogP contribution in [0.15, 0.2) is 33.6 Å². The lowest BCUT2D eigenvalue weighted by molar-refractivity contribution is 0.226. The number of aryl methyl sites for hydroxylation is 2. The van der Waals surface area contributed by atoms with Crippen molar-refractivity contribution in [1.82, 2.24) is 9.88 Å². The van der Waals surface area contributed by atoms with Crippen LogP contribution in [0, 0.1) is 13.8 Å². The fraction of sp³-hybridized carbons (Fsp3) is 0.438. The van der Waals surface area contributed by atoms with Gasteiger partial charge in [0.25, 0.3) is 0 Å². The molecule has 1 atom stereocenters. The predicted octanol–water partition coefficient (Wildman–Crippen LogP) is 2.89. The Kier molecular flexibility index (Phi) is 4.72. The van der Waals surface area contributed by atoms with Gasteiger partial charge in [-0.05, 0) is 45.5 Å². The Hall–Kier alpha value is -1.66. The molecule has 5 nitrogen and oxygen atoms in total. The van der Waals surface area contributed by atoms with E-state index in [-0.39, 0.29) is 6.04 Å². The van der Waals surface area contributed by atoms with E-state index in [2.05, 4.69) is 16.8 Å². The summed E-state index contributed by atoms with van der Waals surface area (Å²) in [5.41, 5.74) is 1.96. The molecular weight excluding hydrogens is 300 g/mol. The van der Waals surface area contributed by atoms with Crippen molar-refractivity contribution >= 4 is 9.84 Å². The number of hydrogen-bond acceptors (Lipinski definition) is 5. The molecule has 120 valence electrons. The fourth-order valence-electron chi connectivity index (χ4n) is 2.21. The van der Waals surface area contributed by atoms with Gasteiger partial charge in [-0.3, -0.25) is 4.90 Å². The van der Waals surface area contributed by atoms with Crippen molar-refractivity contribution in [2.45, 2.75) is 38.3 Å². The maximum Gasteiger partial charge on any atom is 0.208 e. The molecule has 0 saturated heterocycles. The van der Waals surface area contributed by atoms with Gasteiger partial charge < -0.3 is 4.42 Å². The normalized spacial score (nSPS) is 13.5. The molecule has 0 amide bonds. The predicted molar refractivity (Wildman–Crippen MR) is 85.4 cm³/mol. The molecule has 0 radical (unpaired) electrons. The van der Waals surface area contributed by atoms with Crippen molar-refractivity contribution < 1.29 is 12.8 Å². The van der Waals surface area contributed by atoms with Crippen molar-refractivity contribution in [3.63, 3.8) is 0 Å². The third kappa shape index (κ3) is 3.75. The summed E-state index contributed by atoms with van der Waals surface area (Å²) in [6.07, 6.45) is 1.21. The Morgan fingerprint density at radius 2 is 1.82 bits per heavy atom. The van der Waals surface area contributed by atoms with Crippen molar-refractivity contribution in [3.8, 4) is 0 Å². The molecule has 0 aliphatic rings. The molecule has 0 spiro atoms. The van der Waals surface area contributed by atoms with Gasteiger partial charge in [0.1, 0.15) is 5.76 Å². The number of sulfone groups is 1. The molecule has 2 rings (SSSR count). The molecule has 1 heterocycles. The van der Waals surface area contributed by atoms with Crippen LogP contribution in [0.3, 0.4) is 0 Å². The van der Waals surface area contributed by atoms with E-state index in [0.29, 0.717) is 17.3 Å². The number of aromatic nitrogens is 1. The van der Waals surface area contributed by atoms with E-state index < -0.39 is 9.84 Å². The zero-order valence-corrected chi connectivity index (χ0v) is 14.4. The summed E-state index contributed by atoms with van der Waals surface area (Å²) in [5, 5.41) is 0. The number of oxazole rings is 1. The first-order chi connectivity index (χ1) is 10.2. The number of benzene rings is 1. The zero-order chi connectivity index (χ0) is 16.5. The quantitative estimate of drug-likeness (QED) is 0.847. The Labute approximate surface area is 131 Å². The van der Waals surface area contributed by atoms with Gasteiger partial charge in [0.2, 0.25) is 5.89 Å². The maximum absolute atomic E-state index is 11.5. The van der Waals surface area contributed by atoms with Crippen molar-refractivity contribution in [2.75, 3.05) is 13.3 Å². The van der Waals surface area contributed by atoms with Crippen molar-refractivity contribution in [1.29, 1.82) is 0 Å². The van der Waals surface area contributed by atoms with E-state index in [1.165, 1.54) is 6.26 Å². The van der Waals surface area contributed by atoms with Crippen LogP contribution in [-0.2, 0) is 16.4 Å². The van der Waals surface area contributed by atoms with Crippen molar-refractivity contribution in [2.24, 2.45) is 0 Å². The summed E-state index contributed by atoms with van der Waals surface area (Å²) in [5.74, 6) is 1.53. The number of nitrogens with zero attached hydrogens (tertiary/aromatic N) is 2. The monoisotopic (exact) mass is 322 g/mol. The van der Waals surface area contributed by atoms with Crippen molar-refractivity contribution in [3.05, 3.63) is 47.2 Å². The Balaban J connectivity index is 2.11. The van der Waals surface area contributed by atoms with E-state index in [9.17, 15) is 8.42 Å². The van der Waals surface area contributed by atoms with Crippen LogP contribution in [-0.4, -0.2) is 31.6 Å². The van der Waals surface area contributed by atoms with Gasteiger partial charge in [-0.2, -0.15) is 0 Å². The van der Waals surface area contributed by atoms with Gasteiger partial charge in [-0.15, -0.1) is 0 Å². The van der Waals surface area contributed by atoms with Gasteiger partial charge in [-0.25, -0.2) is 13.4 Å². The molecule has 2 aromatic rings. The standard InChI is InChI=1S/C16H22N2O3S/c1-11-13(3)21-16(17-11)10-18(4)12(2)14-6-8-15(9-7-14)22(5,19)20/h6-9,12H,10H2,1-5H3/t12-/m1/s1. The molecule has 0 saturated carbocycles. The SMILES string of the molecule is Cc1nc(CN(C)[C@H](C)c2ccc(S(C)(=O)=O)cc2)oc1C. The molecule has 6 heteroatoms. The summed E-state index contributed by atoms with van der Waals surface area (Å²) in [6.45, 7) is 6.50. The zero-order valence-electron chi connectivity index (χ0n) is 13.6. The Morgan fingerprint density at radius 1 is 1.23 bits per heavy atom. The van der Waals surface area contributed by atoms with Gasteiger partial charge in [-0.1, -0.05) is 12.1 Å². The maximum atomic E-state index is 11.5. The van der Waals surface area contributed by atoms with Crippen LogP contribution in [0.2, 0.25) is 0 Å². The topological polar surface area (TPSA) is 63.4 Å². The van der Waals surface area contributed by atoms with E-state index in [0.717, 1.165) is 17.0 Å².